The van der Waals surface area contributed by atoms with Crippen LogP contribution in [-0.4, -0.2) is 28.1 Å². The minimum Gasteiger partial charge on any atom is -0.355 e. The molecule has 8 aromatic rings. The van der Waals surface area contributed by atoms with Crippen molar-refractivity contribution in [2.45, 2.75) is 20.8 Å². The second-order valence-corrected chi connectivity index (χ2v) is 13.3. The van der Waals surface area contributed by atoms with Gasteiger partial charge in [0.2, 0.25) is 0 Å². The Kier molecular flexibility index (Phi) is 6.70. The lowest BCUT2D eigenvalue weighted by molar-refractivity contribution is 0.887. The Hall–Kier alpha value is -6.07. The Morgan fingerprint density at radius 3 is 2.08 bits per heavy atom. The van der Waals surface area contributed by atoms with Crippen LogP contribution in [0.2, 0.25) is 0 Å². The Bertz CT molecular complexity index is 2510. The van der Waals surface area contributed by atoms with Gasteiger partial charge in [0, 0.05) is 40.3 Å². The molecular weight excluding hydrogens is 599 g/mol. The van der Waals surface area contributed by atoms with Crippen molar-refractivity contribution in [2.75, 3.05) is 23.5 Å². The van der Waals surface area contributed by atoms with Crippen molar-refractivity contribution in [3.63, 3.8) is 0 Å². The van der Waals surface area contributed by atoms with Gasteiger partial charge >= 0.3 is 0 Å². The predicted octanol–water partition coefficient (Wildman–Crippen LogP) is 10.8. The highest BCUT2D eigenvalue weighted by Crippen LogP contribution is 2.42. The Morgan fingerprint density at radius 1 is 0.571 bits per heavy atom. The lowest BCUT2D eigenvalue weighted by atomic mass is 9.93. The van der Waals surface area contributed by atoms with Gasteiger partial charge in [-0.3, -0.25) is 0 Å². The van der Waals surface area contributed by atoms with E-state index in [1.165, 1.54) is 55.6 Å². The zero-order valence-electron chi connectivity index (χ0n) is 28.2. The molecule has 3 heterocycles. The smallest absolute Gasteiger partial charge is 0.0950 e. The number of hydrogen-bond donors (Lipinski definition) is 0. The zero-order valence-corrected chi connectivity index (χ0v) is 28.2. The second kappa shape index (κ2) is 11.3. The van der Waals surface area contributed by atoms with Crippen molar-refractivity contribution in [3.05, 3.63) is 156 Å². The predicted molar refractivity (Wildman–Crippen MR) is 205 cm³/mol. The summed E-state index contributed by atoms with van der Waals surface area (Å²) in [5, 5.41) is 7.55. The van der Waals surface area contributed by atoms with Gasteiger partial charge in [-0.1, -0.05) is 90.5 Å². The van der Waals surface area contributed by atoms with Crippen molar-refractivity contribution < 1.29 is 0 Å². The van der Waals surface area contributed by atoms with Crippen LogP contribution >= 0.6 is 0 Å². The molecule has 0 N–H and O–H groups in total. The van der Waals surface area contributed by atoms with E-state index in [9.17, 15) is 0 Å². The summed E-state index contributed by atoms with van der Waals surface area (Å²) in [4.78, 5) is 4.70. The van der Waals surface area contributed by atoms with E-state index in [1.807, 2.05) is 6.20 Å². The molecule has 0 bridgehead atoms. The third-order valence-corrected chi connectivity index (χ3v) is 10.0. The maximum atomic E-state index is 5.10. The van der Waals surface area contributed by atoms with Crippen molar-refractivity contribution in [1.29, 1.82) is 0 Å². The van der Waals surface area contributed by atoms with Crippen LogP contribution in [0.5, 0.6) is 0 Å². The lowest BCUT2D eigenvalue weighted by Gasteiger charge is -2.21. The van der Waals surface area contributed by atoms with E-state index in [0.29, 0.717) is 0 Å². The fourth-order valence-corrected chi connectivity index (χ4v) is 7.94. The van der Waals surface area contributed by atoms with Crippen LogP contribution < -0.4 is 9.80 Å². The molecule has 6 aromatic carbocycles. The van der Waals surface area contributed by atoms with E-state index in [-0.39, 0.29) is 0 Å². The number of nitrogens with zero attached hydrogens (tertiary/aromatic N) is 5. The topological polar surface area (TPSA) is 29.2 Å². The number of para-hydroxylation sites is 3. The van der Waals surface area contributed by atoms with Crippen LogP contribution in [0.1, 0.15) is 16.7 Å². The molecule has 238 valence electrons. The molecule has 1 aliphatic heterocycles. The highest BCUT2D eigenvalue weighted by Gasteiger charge is 2.25. The fraction of sp³-hybridized carbons (Fsp3) is 0.114. The summed E-state index contributed by atoms with van der Waals surface area (Å²) in [5.41, 5.74) is 16.5. The van der Waals surface area contributed by atoms with Crippen molar-refractivity contribution in [1.82, 2.24) is 14.3 Å². The highest BCUT2D eigenvalue weighted by molar-refractivity contribution is 6.10. The molecule has 0 fully saturated rings. The van der Waals surface area contributed by atoms with Gasteiger partial charge in [0.05, 0.1) is 46.7 Å². The van der Waals surface area contributed by atoms with E-state index in [0.717, 1.165) is 40.4 Å². The van der Waals surface area contributed by atoms with E-state index < -0.39 is 0 Å². The quantitative estimate of drug-likeness (QED) is 0.188. The summed E-state index contributed by atoms with van der Waals surface area (Å²) < 4.78 is 4.55. The zero-order chi connectivity index (χ0) is 33.2. The summed E-state index contributed by atoms with van der Waals surface area (Å²) in [6.45, 7) is 7.41. The van der Waals surface area contributed by atoms with Gasteiger partial charge in [0.25, 0.3) is 0 Å². The van der Waals surface area contributed by atoms with Gasteiger partial charge in [0.1, 0.15) is 0 Å². The number of fused-ring (bicyclic) bond motifs is 4. The van der Waals surface area contributed by atoms with Crippen LogP contribution in [-0.2, 0) is 0 Å². The number of benzene rings is 6. The van der Waals surface area contributed by atoms with Crippen LogP contribution in [0.3, 0.4) is 0 Å². The van der Waals surface area contributed by atoms with Gasteiger partial charge in [0.15, 0.2) is 0 Å². The minimum absolute atomic E-state index is 0.809. The first-order chi connectivity index (χ1) is 24.0. The summed E-state index contributed by atoms with van der Waals surface area (Å²) in [6.07, 6.45) is 2.03. The van der Waals surface area contributed by atoms with Gasteiger partial charge in [-0.05, 0) is 86.0 Å². The van der Waals surface area contributed by atoms with Gasteiger partial charge < -0.3 is 14.4 Å². The SMILES string of the molecule is Cc1cc(C)c(-c2c(-c3ccccc3)cnn2-c2ccc3c4ccccc4n(-c4cccc(N5CN(C)c6ccccc65)c4)c3c2)c(C)c1. The van der Waals surface area contributed by atoms with Crippen LogP contribution in [0, 0.1) is 20.8 Å². The van der Waals surface area contributed by atoms with Crippen molar-refractivity contribution in [3.8, 4) is 33.8 Å². The average Bonchev–Trinajstić information content (AvgIpc) is 3.80. The van der Waals surface area contributed by atoms with Gasteiger partial charge in [-0.15, -0.1) is 0 Å². The molecular formula is C44H37N5. The van der Waals surface area contributed by atoms with Crippen molar-refractivity contribution in [2.24, 2.45) is 0 Å². The first kappa shape index (κ1) is 29.1. The normalized spacial score (nSPS) is 12.7. The number of rotatable bonds is 5. The third-order valence-electron chi connectivity index (χ3n) is 10.0. The first-order valence-corrected chi connectivity index (χ1v) is 16.9. The largest absolute Gasteiger partial charge is 0.355 e. The van der Waals surface area contributed by atoms with E-state index in [2.05, 4.69) is 180 Å². The monoisotopic (exact) mass is 635 g/mol. The molecule has 5 heteroatoms. The fourth-order valence-electron chi connectivity index (χ4n) is 7.94. The Balaban J connectivity index is 1.26. The highest BCUT2D eigenvalue weighted by atomic mass is 15.4. The van der Waals surface area contributed by atoms with E-state index in [1.54, 1.807) is 0 Å². The molecule has 5 nitrogen and oxygen atoms in total. The standard InChI is InChI=1S/C44H37N5/c1-29-23-30(2)43(31(3)24-29)44-38(32-13-6-5-7-14-32)27-45-49(44)35-21-22-37-36-17-8-9-18-39(36)48(42(37)26-35)34-16-12-15-33(25-34)47-28-46(4)40-19-10-11-20-41(40)47/h5-27H,28H2,1-4H3. The van der Waals surface area contributed by atoms with E-state index in [4.69, 9.17) is 5.10 Å². The number of hydrogen-bond acceptors (Lipinski definition) is 3. The summed E-state index contributed by atoms with van der Waals surface area (Å²) >= 11 is 0. The van der Waals surface area contributed by atoms with Crippen LogP contribution in [0.25, 0.3) is 55.6 Å². The van der Waals surface area contributed by atoms with Crippen LogP contribution in [0.15, 0.2) is 140 Å². The molecule has 0 saturated heterocycles. The molecule has 0 aliphatic carbocycles. The Labute approximate surface area is 286 Å². The Morgan fingerprint density at radius 2 is 1.27 bits per heavy atom. The molecule has 0 radical (unpaired) electrons. The maximum Gasteiger partial charge on any atom is 0.0950 e. The van der Waals surface area contributed by atoms with Gasteiger partial charge in [-0.2, -0.15) is 5.10 Å². The first-order valence-electron chi connectivity index (χ1n) is 16.9. The number of aryl methyl sites for hydroxylation is 3. The lowest BCUT2D eigenvalue weighted by Crippen LogP contribution is -2.24. The molecule has 0 amide bonds. The number of aromatic nitrogens is 3. The third kappa shape index (κ3) is 4.65. The average molecular weight is 636 g/mol. The number of anilines is 3. The molecule has 49 heavy (non-hydrogen) atoms. The van der Waals surface area contributed by atoms with E-state index >= 15 is 0 Å². The van der Waals surface area contributed by atoms with Crippen molar-refractivity contribution >= 4 is 38.9 Å². The second-order valence-electron chi connectivity index (χ2n) is 13.3. The van der Waals surface area contributed by atoms with Gasteiger partial charge in [-0.25, -0.2) is 4.68 Å². The maximum absolute atomic E-state index is 5.10. The van der Waals surface area contributed by atoms with Crippen LogP contribution in [0.4, 0.5) is 17.1 Å². The minimum atomic E-state index is 0.809. The summed E-state index contributed by atoms with van der Waals surface area (Å²) in [6, 6.07) is 48.3. The molecule has 2 aromatic heterocycles. The molecule has 0 atom stereocenters. The molecule has 9 rings (SSSR count). The summed E-state index contributed by atoms with van der Waals surface area (Å²) in [5.74, 6) is 0. The molecule has 0 unspecified atom stereocenters. The molecule has 1 aliphatic rings. The summed E-state index contributed by atoms with van der Waals surface area (Å²) in [7, 11) is 2.16. The molecule has 0 saturated carbocycles. The molecule has 0 spiro atoms.